The lowest BCUT2D eigenvalue weighted by atomic mass is 9.97. The minimum atomic E-state index is -0.379. The number of aromatic amines is 1. The number of rotatable bonds is 6. The number of aryl methyl sites for hydroxylation is 1. The molecule has 9 heteroatoms. The van der Waals surface area contributed by atoms with Crippen molar-refractivity contribution in [2.75, 3.05) is 11.9 Å². The fourth-order valence-corrected chi connectivity index (χ4v) is 4.45. The molecule has 2 N–H and O–H groups in total. The van der Waals surface area contributed by atoms with Gasteiger partial charge in [-0.05, 0) is 60.7 Å². The van der Waals surface area contributed by atoms with Crippen molar-refractivity contribution < 1.29 is 13.9 Å². The molecule has 0 atom stereocenters. The number of ether oxygens (including phenoxy) is 1. The maximum atomic E-state index is 12.8. The fourth-order valence-electron chi connectivity index (χ4n) is 4.45. The van der Waals surface area contributed by atoms with E-state index in [0.29, 0.717) is 29.4 Å². The molecule has 6 rings (SSSR count). The van der Waals surface area contributed by atoms with Gasteiger partial charge in [0.15, 0.2) is 12.4 Å². The lowest BCUT2D eigenvalue weighted by Gasteiger charge is -2.15. The van der Waals surface area contributed by atoms with Crippen molar-refractivity contribution in [3.05, 3.63) is 88.5 Å². The summed E-state index contributed by atoms with van der Waals surface area (Å²) in [5.74, 6) is 1.32. The van der Waals surface area contributed by atoms with Crippen LogP contribution in [-0.2, 0) is 17.6 Å². The number of nitrogens with zero attached hydrogens (tertiary/aromatic N) is 3. The molecule has 2 aromatic carbocycles. The Kier molecular flexibility index (Phi) is 5.57. The van der Waals surface area contributed by atoms with Crippen LogP contribution in [0.25, 0.3) is 28.2 Å². The van der Waals surface area contributed by atoms with E-state index >= 15 is 0 Å². The van der Waals surface area contributed by atoms with Crippen LogP contribution < -0.4 is 15.6 Å². The summed E-state index contributed by atoms with van der Waals surface area (Å²) >= 11 is 0. The standard InChI is InChI=1S/C27H23N5O4/c33-25(16-36-19-12-11-17-6-1-2-7-18(17)14-19)29-24-15-22(23-10-5-13-35-23)31-32(24)27-28-21-9-4-3-8-20(21)26(34)30-27/h1-2,5-7,10-15H,3-4,8-9,16H2,(H,29,33)(H,28,30,34). The average molecular weight is 482 g/mol. The maximum absolute atomic E-state index is 12.8. The summed E-state index contributed by atoms with van der Waals surface area (Å²) < 4.78 is 12.6. The Balaban J connectivity index is 1.27. The zero-order valence-electron chi connectivity index (χ0n) is 19.4. The van der Waals surface area contributed by atoms with Crippen molar-refractivity contribution in [2.45, 2.75) is 25.7 Å². The third-order valence-electron chi connectivity index (χ3n) is 6.22. The van der Waals surface area contributed by atoms with Crippen LogP contribution in [0.3, 0.4) is 0 Å². The van der Waals surface area contributed by atoms with Crippen LogP contribution in [0.4, 0.5) is 5.82 Å². The number of amides is 1. The molecule has 3 heterocycles. The van der Waals surface area contributed by atoms with Gasteiger partial charge in [-0.25, -0.2) is 4.98 Å². The second kappa shape index (κ2) is 9.18. The van der Waals surface area contributed by atoms with E-state index in [2.05, 4.69) is 20.4 Å². The second-order valence-corrected chi connectivity index (χ2v) is 8.67. The van der Waals surface area contributed by atoms with Gasteiger partial charge in [0.2, 0.25) is 5.95 Å². The van der Waals surface area contributed by atoms with Gasteiger partial charge in [0.1, 0.15) is 17.3 Å². The highest BCUT2D eigenvalue weighted by molar-refractivity contribution is 5.92. The number of carbonyl (C=O) groups is 1. The zero-order valence-corrected chi connectivity index (χ0v) is 19.4. The molecule has 1 aliphatic carbocycles. The van der Waals surface area contributed by atoms with E-state index < -0.39 is 0 Å². The molecule has 0 spiro atoms. The third-order valence-corrected chi connectivity index (χ3v) is 6.22. The van der Waals surface area contributed by atoms with Gasteiger partial charge in [-0.1, -0.05) is 30.3 Å². The van der Waals surface area contributed by atoms with Crippen molar-refractivity contribution in [1.82, 2.24) is 19.7 Å². The molecule has 0 radical (unpaired) electrons. The van der Waals surface area contributed by atoms with E-state index in [1.807, 2.05) is 42.5 Å². The highest BCUT2D eigenvalue weighted by Crippen LogP contribution is 2.25. The number of hydrogen-bond acceptors (Lipinski definition) is 6. The molecule has 0 bridgehead atoms. The maximum Gasteiger partial charge on any atom is 0.263 e. The van der Waals surface area contributed by atoms with Crippen molar-refractivity contribution >= 4 is 22.5 Å². The molecule has 0 saturated carbocycles. The van der Waals surface area contributed by atoms with Gasteiger partial charge in [0.25, 0.3) is 11.5 Å². The molecule has 0 aliphatic heterocycles. The monoisotopic (exact) mass is 481 g/mol. The second-order valence-electron chi connectivity index (χ2n) is 8.67. The molecule has 36 heavy (non-hydrogen) atoms. The first-order valence-electron chi connectivity index (χ1n) is 11.8. The number of fused-ring (bicyclic) bond motifs is 2. The highest BCUT2D eigenvalue weighted by atomic mass is 16.5. The molecule has 3 aromatic heterocycles. The topological polar surface area (TPSA) is 115 Å². The average Bonchev–Trinajstić information content (AvgIpc) is 3.58. The van der Waals surface area contributed by atoms with Gasteiger partial charge in [0, 0.05) is 11.6 Å². The van der Waals surface area contributed by atoms with Crippen LogP contribution in [0.15, 0.2) is 76.1 Å². The molecule has 9 nitrogen and oxygen atoms in total. The van der Waals surface area contributed by atoms with Crippen LogP contribution in [0, 0.1) is 0 Å². The van der Waals surface area contributed by atoms with Gasteiger partial charge in [-0.15, -0.1) is 0 Å². The Morgan fingerprint density at radius 3 is 2.78 bits per heavy atom. The number of furan rings is 1. The Labute approximate surface area is 205 Å². The number of anilines is 1. The molecule has 1 aliphatic rings. The number of aromatic nitrogens is 4. The van der Waals surface area contributed by atoms with E-state index in [0.717, 1.165) is 41.3 Å². The van der Waals surface area contributed by atoms with Gasteiger partial charge >= 0.3 is 0 Å². The van der Waals surface area contributed by atoms with Gasteiger partial charge < -0.3 is 14.5 Å². The minimum Gasteiger partial charge on any atom is -0.484 e. The SMILES string of the molecule is O=C(COc1ccc2ccccc2c1)Nc1cc(-c2ccco2)nn1-c1nc2c(c(=O)[nH]1)CCCC2. The summed E-state index contributed by atoms with van der Waals surface area (Å²) in [5, 5.41) is 9.50. The lowest BCUT2D eigenvalue weighted by molar-refractivity contribution is -0.118. The van der Waals surface area contributed by atoms with Crippen molar-refractivity contribution in [1.29, 1.82) is 0 Å². The number of nitrogens with one attached hydrogen (secondary N) is 2. The molecule has 0 fully saturated rings. The summed E-state index contributed by atoms with van der Waals surface area (Å²) in [6, 6.07) is 18.8. The summed E-state index contributed by atoms with van der Waals surface area (Å²) in [7, 11) is 0. The molecule has 0 unspecified atom stereocenters. The number of carbonyl (C=O) groups excluding carboxylic acids is 1. The molecule has 0 saturated heterocycles. The Hall–Kier alpha value is -4.66. The first-order chi connectivity index (χ1) is 17.6. The highest BCUT2D eigenvalue weighted by Gasteiger charge is 2.20. The molecular weight excluding hydrogens is 458 g/mol. The van der Waals surface area contributed by atoms with Crippen molar-refractivity contribution in [3.63, 3.8) is 0 Å². The van der Waals surface area contributed by atoms with Crippen LogP contribution in [0.2, 0.25) is 0 Å². The zero-order chi connectivity index (χ0) is 24.5. The molecule has 5 aromatic rings. The lowest BCUT2D eigenvalue weighted by Crippen LogP contribution is -2.26. The van der Waals surface area contributed by atoms with E-state index in [-0.39, 0.29) is 24.0 Å². The summed E-state index contributed by atoms with van der Waals surface area (Å²) in [6.45, 7) is -0.201. The Morgan fingerprint density at radius 1 is 1.06 bits per heavy atom. The number of benzene rings is 2. The van der Waals surface area contributed by atoms with Gasteiger partial charge in [-0.2, -0.15) is 9.78 Å². The van der Waals surface area contributed by atoms with Crippen LogP contribution in [0.5, 0.6) is 5.75 Å². The largest absolute Gasteiger partial charge is 0.484 e. The van der Waals surface area contributed by atoms with E-state index in [4.69, 9.17) is 9.15 Å². The van der Waals surface area contributed by atoms with Crippen LogP contribution in [0.1, 0.15) is 24.1 Å². The number of hydrogen-bond donors (Lipinski definition) is 2. The predicted molar refractivity (Wildman–Crippen MR) is 134 cm³/mol. The van der Waals surface area contributed by atoms with E-state index in [9.17, 15) is 9.59 Å². The quantitative estimate of drug-likeness (QED) is 0.374. The summed E-state index contributed by atoms with van der Waals surface area (Å²) in [5.41, 5.74) is 1.80. The van der Waals surface area contributed by atoms with E-state index in [1.165, 1.54) is 4.68 Å². The third kappa shape index (κ3) is 4.26. The number of H-pyrrole nitrogens is 1. The smallest absolute Gasteiger partial charge is 0.263 e. The first kappa shape index (κ1) is 21.8. The molecule has 180 valence electrons. The van der Waals surface area contributed by atoms with Gasteiger partial charge in [0.05, 0.1) is 12.0 Å². The van der Waals surface area contributed by atoms with E-state index in [1.54, 1.807) is 24.5 Å². The van der Waals surface area contributed by atoms with Crippen molar-refractivity contribution in [2.24, 2.45) is 0 Å². The Morgan fingerprint density at radius 2 is 1.92 bits per heavy atom. The summed E-state index contributed by atoms with van der Waals surface area (Å²) in [6.07, 6.45) is 4.95. The molecule has 1 amide bonds. The predicted octanol–water partition coefficient (Wildman–Crippen LogP) is 4.27. The summed E-state index contributed by atoms with van der Waals surface area (Å²) in [4.78, 5) is 33.0. The Bertz CT molecular complexity index is 1620. The molecular formula is C27H23N5O4. The first-order valence-corrected chi connectivity index (χ1v) is 11.8. The van der Waals surface area contributed by atoms with Gasteiger partial charge in [-0.3, -0.25) is 14.6 Å². The normalized spacial score (nSPS) is 12.9. The minimum absolute atomic E-state index is 0.179. The van der Waals surface area contributed by atoms with Crippen LogP contribution in [-0.4, -0.2) is 32.3 Å². The fraction of sp³-hybridized carbons (Fsp3) is 0.185. The van der Waals surface area contributed by atoms with Crippen molar-refractivity contribution in [3.8, 4) is 23.2 Å². The van der Waals surface area contributed by atoms with Crippen LogP contribution >= 0.6 is 0 Å².